The number of sulfonamides is 1. The van der Waals surface area contributed by atoms with Crippen LogP contribution in [0.25, 0.3) is 0 Å². The van der Waals surface area contributed by atoms with Crippen molar-refractivity contribution in [3.8, 4) is 0 Å². The van der Waals surface area contributed by atoms with Crippen LogP contribution in [0.2, 0.25) is 5.02 Å². The summed E-state index contributed by atoms with van der Waals surface area (Å²) in [6, 6.07) is 6.05. The lowest BCUT2D eigenvalue weighted by Crippen LogP contribution is -2.36. The SMILES string of the molecule is O=c1[nH][nH]c2c1CCN(S(=O)(=O)c1ccc(Cl)cc1)C2. The number of fused-ring (bicyclic) bond motifs is 1. The molecule has 1 aromatic carbocycles. The number of benzene rings is 1. The van der Waals surface area contributed by atoms with Gasteiger partial charge in [0, 0.05) is 17.1 Å². The zero-order chi connectivity index (χ0) is 14.3. The maximum atomic E-state index is 12.5. The van der Waals surface area contributed by atoms with Gasteiger partial charge in [0.25, 0.3) is 5.56 Å². The van der Waals surface area contributed by atoms with Gasteiger partial charge in [-0.2, -0.15) is 4.31 Å². The molecule has 2 aromatic rings. The maximum absolute atomic E-state index is 12.5. The van der Waals surface area contributed by atoms with Crippen LogP contribution in [-0.2, 0) is 23.0 Å². The predicted octanol–water partition coefficient (Wildman–Crippen LogP) is 1.10. The van der Waals surface area contributed by atoms with Crippen LogP contribution in [0.4, 0.5) is 0 Å². The molecular formula is C12H12ClN3O3S. The summed E-state index contributed by atoms with van der Waals surface area (Å²) in [5.74, 6) is 0. The molecule has 0 unspecified atom stereocenters. The average Bonchev–Trinajstić information content (AvgIpc) is 2.80. The summed E-state index contributed by atoms with van der Waals surface area (Å²) >= 11 is 5.76. The maximum Gasteiger partial charge on any atom is 0.267 e. The summed E-state index contributed by atoms with van der Waals surface area (Å²) in [5, 5.41) is 5.69. The van der Waals surface area contributed by atoms with E-state index in [2.05, 4.69) is 10.2 Å². The molecule has 2 N–H and O–H groups in total. The van der Waals surface area contributed by atoms with Crippen LogP contribution in [0, 0.1) is 0 Å². The van der Waals surface area contributed by atoms with Gasteiger partial charge >= 0.3 is 0 Å². The molecule has 106 valence electrons. The number of hydrogen-bond donors (Lipinski definition) is 2. The van der Waals surface area contributed by atoms with E-state index < -0.39 is 10.0 Å². The monoisotopic (exact) mass is 313 g/mol. The summed E-state index contributed by atoms with van der Waals surface area (Å²) < 4.78 is 26.3. The highest BCUT2D eigenvalue weighted by molar-refractivity contribution is 7.89. The third-order valence-corrected chi connectivity index (χ3v) is 5.47. The van der Waals surface area contributed by atoms with Crippen molar-refractivity contribution in [3.63, 3.8) is 0 Å². The van der Waals surface area contributed by atoms with E-state index in [4.69, 9.17) is 11.6 Å². The lowest BCUT2D eigenvalue weighted by Gasteiger charge is -2.25. The molecule has 1 aliphatic rings. The van der Waals surface area contributed by atoms with Crippen molar-refractivity contribution >= 4 is 21.6 Å². The highest BCUT2D eigenvalue weighted by Crippen LogP contribution is 2.23. The van der Waals surface area contributed by atoms with Gasteiger partial charge < -0.3 is 5.10 Å². The summed E-state index contributed by atoms with van der Waals surface area (Å²) in [6.07, 6.45) is 0.404. The topological polar surface area (TPSA) is 86.0 Å². The first kappa shape index (κ1) is 13.4. The molecular weight excluding hydrogens is 302 g/mol. The molecule has 8 heteroatoms. The Hall–Kier alpha value is -1.57. The zero-order valence-electron chi connectivity index (χ0n) is 10.4. The van der Waals surface area contributed by atoms with Gasteiger partial charge in [0.15, 0.2) is 0 Å². The number of H-pyrrole nitrogens is 2. The summed E-state index contributed by atoms with van der Waals surface area (Å²) in [5.41, 5.74) is 1.08. The van der Waals surface area contributed by atoms with Crippen molar-refractivity contribution in [2.45, 2.75) is 17.9 Å². The third-order valence-electron chi connectivity index (χ3n) is 3.36. The molecule has 1 aliphatic heterocycles. The van der Waals surface area contributed by atoms with Crippen LogP contribution >= 0.6 is 11.6 Å². The fourth-order valence-electron chi connectivity index (χ4n) is 2.27. The molecule has 0 saturated carbocycles. The number of aromatic nitrogens is 2. The Morgan fingerprint density at radius 3 is 2.55 bits per heavy atom. The molecule has 3 rings (SSSR count). The molecule has 2 heterocycles. The van der Waals surface area contributed by atoms with Gasteiger partial charge in [-0.15, -0.1) is 0 Å². The Labute approximate surface area is 120 Å². The number of nitrogens with one attached hydrogen (secondary N) is 2. The van der Waals surface area contributed by atoms with Gasteiger partial charge in [-0.05, 0) is 30.7 Å². The van der Waals surface area contributed by atoms with E-state index in [1.807, 2.05) is 0 Å². The van der Waals surface area contributed by atoms with Crippen molar-refractivity contribution in [1.82, 2.24) is 14.5 Å². The summed E-state index contributed by atoms with van der Waals surface area (Å²) in [4.78, 5) is 11.7. The predicted molar refractivity (Wildman–Crippen MR) is 74.2 cm³/mol. The van der Waals surface area contributed by atoms with Crippen LogP contribution in [-0.4, -0.2) is 29.5 Å². The molecule has 0 spiro atoms. The molecule has 0 amide bonds. The normalized spacial score (nSPS) is 16.1. The Balaban J connectivity index is 1.94. The largest absolute Gasteiger partial charge is 0.301 e. The second kappa shape index (κ2) is 4.76. The second-order valence-electron chi connectivity index (χ2n) is 4.58. The first-order valence-corrected chi connectivity index (χ1v) is 7.84. The van der Waals surface area contributed by atoms with E-state index in [1.165, 1.54) is 16.4 Å². The van der Waals surface area contributed by atoms with E-state index >= 15 is 0 Å². The average molecular weight is 314 g/mol. The lowest BCUT2D eigenvalue weighted by atomic mass is 10.1. The molecule has 0 atom stereocenters. The zero-order valence-corrected chi connectivity index (χ0v) is 12.0. The minimum absolute atomic E-state index is 0.166. The van der Waals surface area contributed by atoms with Gasteiger partial charge in [0.05, 0.1) is 17.1 Å². The molecule has 0 aliphatic carbocycles. The molecule has 0 fully saturated rings. The molecule has 0 bridgehead atoms. The summed E-state index contributed by atoms with van der Waals surface area (Å²) in [6.45, 7) is 0.456. The van der Waals surface area contributed by atoms with Crippen molar-refractivity contribution in [3.05, 3.63) is 50.9 Å². The van der Waals surface area contributed by atoms with Crippen LogP contribution in [0.15, 0.2) is 34.0 Å². The Kier molecular flexibility index (Phi) is 3.19. The van der Waals surface area contributed by atoms with Crippen molar-refractivity contribution in [2.75, 3.05) is 6.54 Å². The fourth-order valence-corrected chi connectivity index (χ4v) is 3.81. The third kappa shape index (κ3) is 2.17. The number of nitrogens with zero attached hydrogens (tertiary/aromatic N) is 1. The molecule has 0 saturated heterocycles. The fraction of sp³-hybridized carbons (Fsp3) is 0.250. The number of hydrogen-bond acceptors (Lipinski definition) is 3. The van der Waals surface area contributed by atoms with E-state index in [-0.39, 0.29) is 17.0 Å². The Morgan fingerprint density at radius 2 is 1.85 bits per heavy atom. The minimum Gasteiger partial charge on any atom is -0.301 e. The first-order valence-electron chi connectivity index (χ1n) is 6.02. The van der Waals surface area contributed by atoms with E-state index in [9.17, 15) is 13.2 Å². The van der Waals surface area contributed by atoms with Crippen molar-refractivity contribution in [1.29, 1.82) is 0 Å². The molecule has 1 aromatic heterocycles. The van der Waals surface area contributed by atoms with Crippen LogP contribution in [0.3, 0.4) is 0 Å². The van der Waals surface area contributed by atoms with Crippen molar-refractivity contribution in [2.24, 2.45) is 0 Å². The van der Waals surface area contributed by atoms with Crippen LogP contribution < -0.4 is 5.56 Å². The lowest BCUT2D eigenvalue weighted by molar-refractivity contribution is 0.387. The Bertz CT molecular complexity index is 792. The van der Waals surface area contributed by atoms with Crippen molar-refractivity contribution < 1.29 is 8.42 Å². The van der Waals surface area contributed by atoms with Crippen LogP contribution in [0.1, 0.15) is 11.3 Å². The van der Waals surface area contributed by atoms with Gasteiger partial charge in [0.2, 0.25) is 10.0 Å². The highest BCUT2D eigenvalue weighted by Gasteiger charge is 2.30. The summed E-state index contributed by atoms with van der Waals surface area (Å²) in [7, 11) is -3.57. The van der Waals surface area contributed by atoms with Gasteiger partial charge in [-0.25, -0.2) is 8.42 Å². The molecule has 20 heavy (non-hydrogen) atoms. The minimum atomic E-state index is -3.57. The van der Waals surface area contributed by atoms with Gasteiger partial charge in [-0.3, -0.25) is 9.89 Å². The van der Waals surface area contributed by atoms with E-state index in [0.29, 0.717) is 29.2 Å². The second-order valence-corrected chi connectivity index (χ2v) is 6.95. The quantitative estimate of drug-likeness (QED) is 0.870. The van der Waals surface area contributed by atoms with E-state index in [1.54, 1.807) is 12.1 Å². The molecule has 6 nitrogen and oxygen atoms in total. The van der Waals surface area contributed by atoms with E-state index in [0.717, 1.165) is 0 Å². The first-order chi connectivity index (χ1) is 9.48. The highest BCUT2D eigenvalue weighted by atomic mass is 35.5. The van der Waals surface area contributed by atoms with Gasteiger partial charge in [-0.1, -0.05) is 11.6 Å². The number of rotatable bonds is 2. The number of aromatic amines is 2. The number of halogens is 1. The smallest absolute Gasteiger partial charge is 0.267 e. The standard InChI is InChI=1S/C12H12ClN3O3S/c13-8-1-3-9(4-2-8)20(18,19)16-6-5-10-11(7-16)14-15-12(10)17/h1-4H,5-7H2,(H2,14,15,17). The van der Waals surface area contributed by atoms with Crippen LogP contribution in [0.5, 0.6) is 0 Å². The Morgan fingerprint density at radius 1 is 1.15 bits per heavy atom. The molecule has 0 radical (unpaired) electrons. The van der Waals surface area contributed by atoms with Gasteiger partial charge in [0.1, 0.15) is 0 Å².